The number of amides is 1. The molecule has 0 bridgehead atoms. The van der Waals surface area contributed by atoms with Gasteiger partial charge in [0.1, 0.15) is 0 Å². The minimum Gasteiger partial charge on any atom is -0.393 e. The Balaban J connectivity index is 3.69. The molecule has 1 unspecified atom stereocenters. The average Bonchev–Trinajstić information content (AvgIpc) is 1.98. The van der Waals surface area contributed by atoms with Crippen LogP contribution in [0.25, 0.3) is 0 Å². The largest absolute Gasteiger partial charge is 0.393 e. The van der Waals surface area contributed by atoms with E-state index in [2.05, 4.69) is 0 Å². The molecule has 0 aromatic carbocycles. The van der Waals surface area contributed by atoms with Crippen molar-refractivity contribution in [3.8, 4) is 0 Å². The van der Waals surface area contributed by atoms with Gasteiger partial charge in [-0.15, -0.1) is 0 Å². The van der Waals surface area contributed by atoms with Crippen LogP contribution in [0.2, 0.25) is 0 Å². The molecule has 0 aliphatic carbocycles. The summed E-state index contributed by atoms with van der Waals surface area (Å²) in [6.07, 6.45) is 0.922. The maximum Gasteiger partial charge on any atom is 0.222 e. The zero-order valence-electron chi connectivity index (χ0n) is 9.08. The Morgan fingerprint density at radius 1 is 1.38 bits per heavy atom. The van der Waals surface area contributed by atoms with Crippen molar-refractivity contribution in [2.75, 3.05) is 13.6 Å². The third-order valence-electron chi connectivity index (χ3n) is 1.89. The van der Waals surface area contributed by atoms with Gasteiger partial charge >= 0.3 is 0 Å². The second-order valence-electron chi connectivity index (χ2n) is 4.05. The first-order valence-electron chi connectivity index (χ1n) is 4.85. The summed E-state index contributed by atoms with van der Waals surface area (Å²) in [7, 11) is 1.78. The predicted molar refractivity (Wildman–Crippen MR) is 53.4 cm³/mol. The number of hydrogen-bond acceptors (Lipinski definition) is 2. The van der Waals surface area contributed by atoms with Crippen molar-refractivity contribution in [1.82, 2.24) is 4.90 Å². The topological polar surface area (TPSA) is 40.5 Å². The predicted octanol–water partition coefficient (Wildman–Crippen LogP) is 1.26. The third kappa shape index (κ3) is 6.58. The first kappa shape index (κ1) is 12.4. The minimum atomic E-state index is -0.325. The molecule has 0 fully saturated rings. The van der Waals surface area contributed by atoms with Gasteiger partial charge in [0.05, 0.1) is 6.10 Å². The molecular weight excluding hydrogens is 166 g/mol. The summed E-state index contributed by atoms with van der Waals surface area (Å²) in [4.78, 5) is 13.1. The molecule has 0 heterocycles. The molecule has 0 saturated heterocycles. The van der Waals surface area contributed by atoms with E-state index in [0.29, 0.717) is 25.3 Å². The zero-order valence-corrected chi connectivity index (χ0v) is 9.08. The molecule has 0 aromatic heterocycles. The molecule has 0 aliphatic rings. The summed E-state index contributed by atoms with van der Waals surface area (Å²) in [6, 6.07) is 0. The van der Waals surface area contributed by atoms with Gasteiger partial charge in [-0.25, -0.2) is 0 Å². The van der Waals surface area contributed by atoms with Crippen LogP contribution in [-0.4, -0.2) is 35.6 Å². The van der Waals surface area contributed by atoms with Crippen molar-refractivity contribution in [3.05, 3.63) is 0 Å². The van der Waals surface area contributed by atoms with E-state index in [0.717, 1.165) is 0 Å². The minimum absolute atomic E-state index is 0.163. The smallest absolute Gasteiger partial charge is 0.222 e. The lowest BCUT2D eigenvalue weighted by molar-refractivity contribution is -0.130. The summed E-state index contributed by atoms with van der Waals surface area (Å²) < 4.78 is 0. The fourth-order valence-corrected chi connectivity index (χ4v) is 1.01. The van der Waals surface area contributed by atoms with E-state index in [1.54, 1.807) is 18.9 Å². The molecule has 78 valence electrons. The second kappa shape index (κ2) is 5.97. The lowest BCUT2D eigenvalue weighted by atomic mass is 10.1. The van der Waals surface area contributed by atoms with Gasteiger partial charge < -0.3 is 10.0 Å². The zero-order chi connectivity index (χ0) is 10.4. The highest BCUT2D eigenvalue weighted by molar-refractivity contribution is 5.75. The van der Waals surface area contributed by atoms with Crippen molar-refractivity contribution in [1.29, 1.82) is 0 Å². The summed E-state index contributed by atoms with van der Waals surface area (Å²) in [5.74, 6) is 0.567. The molecule has 0 aliphatic heterocycles. The Labute approximate surface area is 80.7 Å². The normalized spacial score (nSPS) is 13.1. The number of aliphatic hydroxyl groups excluding tert-OH is 1. The van der Waals surface area contributed by atoms with Crippen LogP contribution in [-0.2, 0) is 4.79 Å². The SMILES string of the molecule is CC(C)CC(=O)N(C)CCC(C)O. The Hall–Kier alpha value is -0.570. The van der Waals surface area contributed by atoms with E-state index in [1.807, 2.05) is 13.8 Å². The number of aliphatic hydroxyl groups is 1. The van der Waals surface area contributed by atoms with Crippen LogP contribution < -0.4 is 0 Å². The molecule has 1 amide bonds. The molecule has 0 spiro atoms. The molecule has 13 heavy (non-hydrogen) atoms. The molecule has 3 nitrogen and oxygen atoms in total. The summed E-state index contributed by atoms with van der Waals surface area (Å²) in [5.41, 5.74) is 0. The molecule has 1 N–H and O–H groups in total. The van der Waals surface area contributed by atoms with Crippen LogP contribution in [0.15, 0.2) is 0 Å². The molecule has 3 heteroatoms. The van der Waals surface area contributed by atoms with Crippen molar-refractivity contribution >= 4 is 5.91 Å². The monoisotopic (exact) mass is 187 g/mol. The van der Waals surface area contributed by atoms with Crippen molar-refractivity contribution in [2.45, 2.75) is 39.7 Å². The van der Waals surface area contributed by atoms with Crippen LogP contribution >= 0.6 is 0 Å². The van der Waals surface area contributed by atoms with E-state index in [4.69, 9.17) is 5.11 Å². The second-order valence-corrected chi connectivity index (χ2v) is 4.05. The van der Waals surface area contributed by atoms with Crippen LogP contribution in [0.4, 0.5) is 0 Å². The van der Waals surface area contributed by atoms with Gasteiger partial charge in [0.15, 0.2) is 0 Å². The van der Waals surface area contributed by atoms with Gasteiger partial charge in [0.2, 0.25) is 5.91 Å². The lowest BCUT2D eigenvalue weighted by Gasteiger charge is -2.18. The fourth-order valence-electron chi connectivity index (χ4n) is 1.01. The number of rotatable bonds is 5. The van der Waals surface area contributed by atoms with Crippen molar-refractivity contribution < 1.29 is 9.90 Å². The standard InChI is InChI=1S/C10H21NO2/c1-8(2)7-10(13)11(4)6-5-9(3)12/h8-9,12H,5-7H2,1-4H3. The van der Waals surface area contributed by atoms with E-state index >= 15 is 0 Å². The van der Waals surface area contributed by atoms with Gasteiger partial charge in [-0.3, -0.25) is 4.79 Å². The van der Waals surface area contributed by atoms with E-state index in [-0.39, 0.29) is 12.0 Å². The van der Waals surface area contributed by atoms with E-state index < -0.39 is 0 Å². The first-order chi connectivity index (χ1) is 5.93. The summed E-state index contributed by atoms with van der Waals surface area (Å²) >= 11 is 0. The summed E-state index contributed by atoms with van der Waals surface area (Å²) in [5, 5.41) is 9.03. The molecule has 0 radical (unpaired) electrons. The molecule has 1 atom stereocenters. The quantitative estimate of drug-likeness (QED) is 0.704. The Bertz CT molecular complexity index is 155. The van der Waals surface area contributed by atoms with Crippen LogP contribution in [0.1, 0.15) is 33.6 Å². The first-order valence-corrected chi connectivity index (χ1v) is 4.85. The maximum atomic E-state index is 11.4. The van der Waals surface area contributed by atoms with Crippen LogP contribution in [0, 0.1) is 5.92 Å². The van der Waals surface area contributed by atoms with Crippen LogP contribution in [0.3, 0.4) is 0 Å². The van der Waals surface area contributed by atoms with Gasteiger partial charge in [-0.2, -0.15) is 0 Å². The molecular formula is C10H21NO2. The molecule has 0 rings (SSSR count). The number of nitrogens with zero attached hydrogens (tertiary/aromatic N) is 1. The molecule has 0 saturated carbocycles. The highest BCUT2D eigenvalue weighted by Gasteiger charge is 2.10. The van der Waals surface area contributed by atoms with Crippen molar-refractivity contribution in [3.63, 3.8) is 0 Å². The third-order valence-corrected chi connectivity index (χ3v) is 1.89. The van der Waals surface area contributed by atoms with Gasteiger partial charge in [-0.1, -0.05) is 13.8 Å². The lowest BCUT2D eigenvalue weighted by Crippen LogP contribution is -2.30. The van der Waals surface area contributed by atoms with Gasteiger partial charge in [0, 0.05) is 20.0 Å². The Morgan fingerprint density at radius 3 is 2.31 bits per heavy atom. The average molecular weight is 187 g/mol. The number of hydrogen-bond donors (Lipinski definition) is 1. The highest BCUT2D eigenvalue weighted by Crippen LogP contribution is 2.03. The van der Waals surface area contributed by atoms with Crippen molar-refractivity contribution in [2.24, 2.45) is 5.92 Å². The number of carbonyl (C=O) groups is 1. The molecule has 0 aromatic rings. The Morgan fingerprint density at radius 2 is 1.92 bits per heavy atom. The van der Waals surface area contributed by atoms with E-state index in [9.17, 15) is 4.79 Å². The van der Waals surface area contributed by atoms with E-state index in [1.165, 1.54) is 0 Å². The van der Waals surface area contributed by atoms with Crippen LogP contribution in [0.5, 0.6) is 0 Å². The maximum absolute atomic E-state index is 11.4. The van der Waals surface area contributed by atoms with Gasteiger partial charge in [0.25, 0.3) is 0 Å². The number of carbonyl (C=O) groups excluding carboxylic acids is 1. The highest BCUT2D eigenvalue weighted by atomic mass is 16.3. The summed E-state index contributed by atoms with van der Waals surface area (Å²) in [6.45, 7) is 6.44. The fraction of sp³-hybridized carbons (Fsp3) is 0.900. The van der Waals surface area contributed by atoms with Gasteiger partial charge in [-0.05, 0) is 19.3 Å². The Kier molecular flexibility index (Phi) is 5.71.